The van der Waals surface area contributed by atoms with E-state index in [9.17, 15) is 0 Å². The first-order chi connectivity index (χ1) is 11.3. The third-order valence-corrected chi connectivity index (χ3v) is 5.29. The third kappa shape index (κ3) is 4.90. The van der Waals surface area contributed by atoms with E-state index in [1.807, 2.05) is 0 Å². The molecule has 0 saturated heterocycles. The number of aliphatic hydroxyl groups excluding tert-OH is 1. The molecule has 2 fully saturated rings. The van der Waals surface area contributed by atoms with Crippen LogP contribution in [0.2, 0.25) is 0 Å². The second-order valence-electron chi connectivity index (χ2n) is 7.14. The number of aliphatic hydroxyl groups is 1. The highest BCUT2D eigenvalue weighted by atomic mass is 16.3. The fourth-order valence-corrected chi connectivity index (χ4v) is 3.84. The molecule has 2 aliphatic carbocycles. The Balaban J connectivity index is 1.41. The Bertz CT molecular complexity index is 506. The number of rotatable bonds is 7. The van der Waals surface area contributed by atoms with E-state index in [1.165, 1.54) is 43.2 Å². The molecular weight excluding hydrogens is 284 g/mol. The molecule has 2 saturated carbocycles. The lowest BCUT2D eigenvalue weighted by Crippen LogP contribution is -2.41. The normalized spacial score (nSPS) is 31.1. The summed E-state index contributed by atoms with van der Waals surface area (Å²) >= 11 is 0. The van der Waals surface area contributed by atoms with Crippen molar-refractivity contribution < 1.29 is 5.11 Å². The van der Waals surface area contributed by atoms with E-state index in [2.05, 4.69) is 54.0 Å². The minimum absolute atomic E-state index is 0.245. The van der Waals surface area contributed by atoms with Crippen molar-refractivity contribution in [2.45, 2.75) is 57.2 Å². The average molecular weight is 314 g/mol. The van der Waals surface area contributed by atoms with Crippen molar-refractivity contribution in [3.05, 3.63) is 41.5 Å². The first-order valence-corrected chi connectivity index (χ1v) is 9.10. The zero-order chi connectivity index (χ0) is 16.1. The van der Waals surface area contributed by atoms with Gasteiger partial charge in [-0.3, -0.25) is 0 Å². The van der Waals surface area contributed by atoms with Crippen LogP contribution in [0.3, 0.4) is 0 Å². The van der Waals surface area contributed by atoms with Crippen LogP contribution in [0.5, 0.6) is 0 Å². The molecule has 2 aliphatic rings. The molecule has 3 nitrogen and oxygen atoms in total. The van der Waals surface area contributed by atoms with Gasteiger partial charge in [0, 0.05) is 24.7 Å². The van der Waals surface area contributed by atoms with Crippen LogP contribution in [0, 0.1) is 5.92 Å². The summed E-state index contributed by atoms with van der Waals surface area (Å²) in [4.78, 5) is 0. The van der Waals surface area contributed by atoms with Gasteiger partial charge in [-0.25, -0.2) is 0 Å². The molecule has 0 bridgehead atoms. The van der Waals surface area contributed by atoms with Crippen molar-refractivity contribution in [3.8, 4) is 0 Å². The molecular formula is C20H30N2O. The highest BCUT2D eigenvalue weighted by molar-refractivity contribution is 5.53. The maximum Gasteiger partial charge on any atom is 0.0556 e. The lowest BCUT2D eigenvalue weighted by Gasteiger charge is -2.30. The van der Waals surface area contributed by atoms with Crippen molar-refractivity contribution in [1.29, 1.82) is 0 Å². The smallest absolute Gasteiger partial charge is 0.0556 e. The average Bonchev–Trinajstić information content (AvgIpc) is 3.34. The third-order valence-electron chi connectivity index (χ3n) is 5.29. The molecule has 3 rings (SSSR count). The second-order valence-corrected chi connectivity index (χ2v) is 7.14. The summed E-state index contributed by atoms with van der Waals surface area (Å²) in [7, 11) is 0. The van der Waals surface area contributed by atoms with Crippen LogP contribution in [-0.4, -0.2) is 36.4 Å². The van der Waals surface area contributed by atoms with Gasteiger partial charge >= 0.3 is 0 Å². The van der Waals surface area contributed by atoms with E-state index in [1.54, 1.807) is 0 Å². The maximum atomic E-state index is 8.88. The van der Waals surface area contributed by atoms with Gasteiger partial charge in [-0.1, -0.05) is 42.0 Å². The maximum absolute atomic E-state index is 8.88. The van der Waals surface area contributed by atoms with Gasteiger partial charge in [-0.15, -0.1) is 0 Å². The Labute approximate surface area is 140 Å². The molecule has 1 aromatic carbocycles. The lowest BCUT2D eigenvalue weighted by molar-refractivity contribution is 0.258. The van der Waals surface area contributed by atoms with Gasteiger partial charge in [0.15, 0.2) is 0 Å². The van der Waals surface area contributed by atoms with E-state index >= 15 is 0 Å². The summed E-state index contributed by atoms with van der Waals surface area (Å²) in [6.07, 6.45) is 8.60. The first-order valence-electron chi connectivity index (χ1n) is 9.10. The summed E-state index contributed by atoms with van der Waals surface area (Å²) in [5, 5.41) is 16.2. The highest BCUT2D eigenvalue weighted by Gasteiger charge is 2.39. The number of hydrogen-bond donors (Lipinski definition) is 3. The summed E-state index contributed by atoms with van der Waals surface area (Å²) in [6, 6.07) is 12.6. The number of nitrogens with one attached hydrogen (secondary N) is 2. The van der Waals surface area contributed by atoms with Crippen molar-refractivity contribution >= 4 is 6.08 Å². The van der Waals surface area contributed by atoms with Crippen molar-refractivity contribution in [3.63, 3.8) is 0 Å². The van der Waals surface area contributed by atoms with Crippen LogP contribution in [0.25, 0.3) is 6.08 Å². The van der Waals surface area contributed by atoms with Crippen molar-refractivity contribution in [2.24, 2.45) is 5.92 Å². The quantitative estimate of drug-likeness (QED) is 0.725. The van der Waals surface area contributed by atoms with Crippen molar-refractivity contribution in [1.82, 2.24) is 10.6 Å². The zero-order valence-corrected chi connectivity index (χ0v) is 14.2. The predicted molar refractivity (Wildman–Crippen MR) is 96.3 cm³/mol. The van der Waals surface area contributed by atoms with Gasteiger partial charge in [0.1, 0.15) is 0 Å². The molecule has 23 heavy (non-hydrogen) atoms. The molecule has 0 amide bonds. The van der Waals surface area contributed by atoms with Gasteiger partial charge in [0.2, 0.25) is 0 Å². The van der Waals surface area contributed by atoms with E-state index in [-0.39, 0.29) is 6.61 Å². The standard InChI is InChI=1S/C20H30N2O/c1-15(13-16-5-3-2-4-6-16)19-14-20(19)22-18-9-7-17(8-10-18)21-11-12-23/h2-6,13,17-23H,7-12,14H2,1H3/b15-13+/t17?,18?,19-,20+/m0/s1. The minimum Gasteiger partial charge on any atom is -0.395 e. The summed E-state index contributed by atoms with van der Waals surface area (Å²) < 4.78 is 0. The summed E-state index contributed by atoms with van der Waals surface area (Å²) in [5.74, 6) is 0.723. The van der Waals surface area contributed by atoms with Crippen LogP contribution in [0.4, 0.5) is 0 Å². The van der Waals surface area contributed by atoms with Gasteiger partial charge in [0.25, 0.3) is 0 Å². The molecule has 0 radical (unpaired) electrons. The van der Waals surface area contributed by atoms with Crippen LogP contribution in [0.15, 0.2) is 35.9 Å². The SMILES string of the molecule is C/C(=C\c1ccccc1)[C@@H]1C[C@H]1NC1CCC(NCCO)CC1. The topological polar surface area (TPSA) is 44.3 Å². The van der Waals surface area contributed by atoms with Crippen molar-refractivity contribution in [2.75, 3.05) is 13.2 Å². The van der Waals surface area contributed by atoms with Gasteiger partial charge < -0.3 is 15.7 Å². The van der Waals surface area contributed by atoms with E-state index in [0.717, 1.165) is 12.5 Å². The summed E-state index contributed by atoms with van der Waals surface area (Å²) in [6.45, 7) is 3.25. The molecule has 3 heteroatoms. The van der Waals surface area contributed by atoms with Gasteiger partial charge in [-0.2, -0.15) is 0 Å². The first kappa shape index (κ1) is 16.7. The Morgan fingerprint density at radius 2 is 1.83 bits per heavy atom. The Morgan fingerprint density at radius 1 is 1.13 bits per heavy atom. The molecule has 0 spiro atoms. The molecule has 0 aromatic heterocycles. The number of hydrogen-bond acceptors (Lipinski definition) is 3. The zero-order valence-electron chi connectivity index (χ0n) is 14.2. The fourth-order valence-electron chi connectivity index (χ4n) is 3.84. The molecule has 0 unspecified atom stereocenters. The fraction of sp³-hybridized carbons (Fsp3) is 0.600. The largest absolute Gasteiger partial charge is 0.395 e. The highest BCUT2D eigenvalue weighted by Crippen LogP contribution is 2.39. The Morgan fingerprint density at radius 3 is 2.52 bits per heavy atom. The van der Waals surface area contributed by atoms with E-state index < -0.39 is 0 Å². The molecule has 1 aromatic rings. The van der Waals surface area contributed by atoms with Crippen LogP contribution >= 0.6 is 0 Å². The second kappa shape index (κ2) is 8.09. The molecule has 126 valence electrons. The van der Waals surface area contributed by atoms with Gasteiger partial charge in [-0.05, 0) is 50.5 Å². The van der Waals surface area contributed by atoms with E-state index in [0.29, 0.717) is 18.1 Å². The molecule has 0 aliphatic heterocycles. The van der Waals surface area contributed by atoms with Gasteiger partial charge in [0.05, 0.1) is 6.61 Å². The van der Waals surface area contributed by atoms with Crippen LogP contribution in [0.1, 0.15) is 44.6 Å². The predicted octanol–water partition coefficient (Wildman–Crippen LogP) is 2.96. The van der Waals surface area contributed by atoms with Crippen LogP contribution in [-0.2, 0) is 0 Å². The van der Waals surface area contributed by atoms with Crippen LogP contribution < -0.4 is 10.6 Å². The van der Waals surface area contributed by atoms with E-state index in [4.69, 9.17) is 5.11 Å². The lowest BCUT2D eigenvalue weighted by atomic mass is 9.91. The molecule has 3 N–H and O–H groups in total. The summed E-state index contributed by atoms with van der Waals surface area (Å²) in [5.41, 5.74) is 2.82. The Hall–Kier alpha value is -1.16. The monoisotopic (exact) mass is 314 g/mol. The molecule has 0 heterocycles. The Kier molecular flexibility index (Phi) is 5.87. The molecule has 2 atom stereocenters. The number of benzene rings is 1. The minimum atomic E-state index is 0.245.